The quantitative estimate of drug-likeness (QED) is 0.856. The van der Waals surface area contributed by atoms with Crippen molar-refractivity contribution in [2.75, 3.05) is 19.0 Å². The molecule has 94 valence electrons. The number of anilines is 1. The second kappa shape index (κ2) is 6.07. The monoisotopic (exact) mass is 243 g/mol. The molecule has 0 spiro atoms. The number of rotatable bonds is 5. The van der Waals surface area contributed by atoms with Gasteiger partial charge in [-0.05, 0) is 19.2 Å². The average molecular weight is 243 g/mol. The molecular formula is C13H17N5. The molecule has 0 atom stereocenters. The van der Waals surface area contributed by atoms with Crippen LogP contribution in [0.4, 0.5) is 5.95 Å². The summed E-state index contributed by atoms with van der Waals surface area (Å²) in [6, 6.07) is 5.88. The summed E-state index contributed by atoms with van der Waals surface area (Å²) in [6.07, 6.45) is 5.47. The van der Waals surface area contributed by atoms with Crippen molar-refractivity contribution in [2.45, 2.75) is 13.1 Å². The van der Waals surface area contributed by atoms with Crippen molar-refractivity contribution >= 4 is 5.95 Å². The summed E-state index contributed by atoms with van der Waals surface area (Å²) in [5, 5.41) is 3.07. The van der Waals surface area contributed by atoms with Crippen molar-refractivity contribution in [2.24, 2.45) is 0 Å². The molecule has 5 heteroatoms. The van der Waals surface area contributed by atoms with Crippen molar-refractivity contribution in [1.29, 1.82) is 0 Å². The number of hydrogen-bond donors (Lipinski definition) is 1. The van der Waals surface area contributed by atoms with Crippen LogP contribution in [0.15, 0.2) is 36.8 Å². The normalized spacial score (nSPS) is 10.3. The molecule has 2 aromatic heterocycles. The molecule has 0 fully saturated rings. The Morgan fingerprint density at radius 1 is 1.17 bits per heavy atom. The third-order valence-electron chi connectivity index (χ3n) is 2.54. The zero-order valence-corrected chi connectivity index (χ0v) is 10.7. The van der Waals surface area contributed by atoms with Gasteiger partial charge in [0.1, 0.15) is 0 Å². The van der Waals surface area contributed by atoms with Gasteiger partial charge in [0.25, 0.3) is 0 Å². The van der Waals surface area contributed by atoms with Gasteiger partial charge >= 0.3 is 0 Å². The summed E-state index contributed by atoms with van der Waals surface area (Å²) in [5.41, 5.74) is 2.08. The van der Waals surface area contributed by atoms with Gasteiger partial charge in [-0.3, -0.25) is 4.98 Å². The van der Waals surface area contributed by atoms with Gasteiger partial charge in [0.05, 0.1) is 12.2 Å². The summed E-state index contributed by atoms with van der Waals surface area (Å²) in [6.45, 7) is 1.48. The van der Waals surface area contributed by atoms with E-state index in [1.807, 2.05) is 49.6 Å². The lowest BCUT2D eigenvalue weighted by Gasteiger charge is -2.16. The van der Waals surface area contributed by atoms with Crippen LogP contribution in [-0.4, -0.2) is 29.0 Å². The smallest absolute Gasteiger partial charge is 0.225 e. The highest BCUT2D eigenvalue weighted by molar-refractivity contribution is 5.29. The van der Waals surface area contributed by atoms with Gasteiger partial charge in [0.15, 0.2) is 0 Å². The highest BCUT2D eigenvalue weighted by Gasteiger charge is 2.05. The van der Waals surface area contributed by atoms with Gasteiger partial charge < -0.3 is 10.2 Å². The van der Waals surface area contributed by atoms with Crippen LogP contribution < -0.4 is 10.2 Å². The van der Waals surface area contributed by atoms with E-state index in [0.717, 1.165) is 17.8 Å². The molecule has 0 aliphatic carbocycles. The molecule has 2 aromatic rings. The standard InChI is InChI=1S/C13H17N5/c1-14-7-11-8-16-13(17-9-11)18(2)10-12-5-3-4-6-15-12/h3-6,8-9,14H,7,10H2,1-2H3. The molecule has 5 nitrogen and oxygen atoms in total. The van der Waals surface area contributed by atoms with Gasteiger partial charge in [-0.25, -0.2) is 9.97 Å². The molecule has 2 rings (SSSR count). The van der Waals surface area contributed by atoms with Gasteiger partial charge in [0.2, 0.25) is 5.95 Å². The first kappa shape index (κ1) is 12.4. The molecule has 0 bridgehead atoms. The number of nitrogens with one attached hydrogen (secondary N) is 1. The molecule has 2 heterocycles. The van der Waals surface area contributed by atoms with Gasteiger partial charge in [-0.2, -0.15) is 0 Å². The van der Waals surface area contributed by atoms with Crippen molar-refractivity contribution in [1.82, 2.24) is 20.3 Å². The predicted molar refractivity (Wildman–Crippen MR) is 71.1 cm³/mol. The summed E-state index contributed by atoms with van der Waals surface area (Å²) < 4.78 is 0. The first-order chi connectivity index (χ1) is 8.79. The van der Waals surface area contributed by atoms with E-state index in [1.165, 1.54) is 0 Å². The van der Waals surface area contributed by atoms with Crippen LogP contribution in [0.1, 0.15) is 11.3 Å². The highest BCUT2D eigenvalue weighted by Crippen LogP contribution is 2.08. The van der Waals surface area contributed by atoms with Crippen LogP contribution in [0.3, 0.4) is 0 Å². The maximum atomic E-state index is 4.34. The van der Waals surface area contributed by atoms with Crippen LogP contribution in [0, 0.1) is 0 Å². The van der Waals surface area contributed by atoms with E-state index in [2.05, 4.69) is 20.3 Å². The number of nitrogens with zero attached hydrogens (tertiary/aromatic N) is 4. The van der Waals surface area contributed by atoms with Crippen LogP contribution in [0.5, 0.6) is 0 Å². The Kier molecular flexibility index (Phi) is 4.20. The minimum Gasteiger partial charge on any atom is -0.338 e. The number of aromatic nitrogens is 3. The van der Waals surface area contributed by atoms with E-state index in [0.29, 0.717) is 12.5 Å². The largest absolute Gasteiger partial charge is 0.338 e. The lowest BCUT2D eigenvalue weighted by molar-refractivity contribution is 0.793. The van der Waals surface area contributed by atoms with E-state index < -0.39 is 0 Å². The zero-order chi connectivity index (χ0) is 12.8. The van der Waals surface area contributed by atoms with Crippen molar-refractivity contribution < 1.29 is 0 Å². The summed E-state index contributed by atoms with van der Waals surface area (Å²) in [7, 11) is 3.86. The summed E-state index contributed by atoms with van der Waals surface area (Å²) >= 11 is 0. The van der Waals surface area contributed by atoms with E-state index in [-0.39, 0.29) is 0 Å². The fraction of sp³-hybridized carbons (Fsp3) is 0.308. The van der Waals surface area contributed by atoms with E-state index in [1.54, 1.807) is 6.20 Å². The molecule has 0 aliphatic heterocycles. The Balaban J connectivity index is 2.02. The Labute approximate surface area is 107 Å². The molecule has 0 aliphatic rings. The van der Waals surface area contributed by atoms with E-state index in [9.17, 15) is 0 Å². The minimum atomic E-state index is 0.701. The van der Waals surface area contributed by atoms with Gasteiger partial charge in [-0.15, -0.1) is 0 Å². The molecule has 1 N–H and O–H groups in total. The van der Waals surface area contributed by atoms with Gasteiger partial charge in [0, 0.05) is 37.7 Å². The number of pyridine rings is 1. The minimum absolute atomic E-state index is 0.701. The van der Waals surface area contributed by atoms with Crippen molar-refractivity contribution in [3.63, 3.8) is 0 Å². The molecule has 0 saturated carbocycles. The fourth-order valence-electron chi connectivity index (χ4n) is 1.65. The molecule has 18 heavy (non-hydrogen) atoms. The summed E-state index contributed by atoms with van der Waals surface area (Å²) in [4.78, 5) is 14.9. The van der Waals surface area contributed by atoms with Crippen LogP contribution >= 0.6 is 0 Å². The maximum Gasteiger partial charge on any atom is 0.225 e. The first-order valence-corrected chi connectivity index (χ1v) is 5.86. The Morgan fingerprint density at radius 3 is 2.56 bits per heavy atom. The third kappa shape index (κ3) is 3.24. The van der Waals surface area contributed by atoms with Crippen molar-refractivity contribution in [3.05, 3.63) is 48.0 Å². The predicted octanol–water partition coefficient (Wildman–Crippen LogP) is 1.23. The Hall–Kier alpha value is -2.01. The molecule has 0 unspecified atom stereocenters. The maximum absolute atomic E-state index is 4.34. The first-order valence-electron chi connectivity index (χ1n) is 5.86. The lowest BCUT2D eigenvalue weighted by atomic mass is 10.3. The lowest BCUT2D eigenvalue weighted by Crippen LogP contribution is -2.20. The van der Waals surface area contributed by atoms with Crippen LogP contribution in [0.2, 0.25) is 0 Å². The van der Waals surface area contributed by atoms with Gasteiger partial charge in [-0.1, -0.05) is 6.07 Å². The molecule has 0 saturated heterocycles. The van der Waals surface area contributed by atoms with E-state index in [4.69, 9.17) is 0 Å². The Morgan fingerprint density at radius 2 is 1.94 bits per heavy atom. The SMILES string of the molecule is CNCc1cnc(N(C)Cc2ccccn2)nc1. The Bertz CT molecular complexity index is 469. The number of hydrogen-bond acceptors (Lipinski definition) is 5. The second-order valence-electron chi connectivity index (χ2n) is 4.10. The summed E-state index contributed by atoms with van der Waals surface area (Å²) in [5.74, 6) is 0.709. The molecule has 0 amide bonds. The molecule has 0 radical (unpaired) electrons. The van der Waals surface area contributed by atoms with Crippen LogP contribution in [-0.2, 0) is 13.1 Å². The van der Waals surface area contributed by atoms with Crippen LogP contribution in [0.25, 0.3) is 0 Å². The topological polar surface area (TPSA) is 53.9 Å². The fourth-order valence-corrected chi connectivity index (χ4v) is 1.65. The molecule has 0 aromatic carbocycles. The zero-order valence-electron chi connectivity index (χ0n) is 10.7. The van der Waals surface area contributed by atoms with Crippen molar-refractivity contribution in [3.8, 4) is 0 Å². The third-order valence-corrected chi connectivity index (χ3v) is 2.54. The van der Waals surface area contributed by atoms with E-state index >= 15 is 0 Å². The second-order valence-corrected chi connectivity index (χ2v) is 4.10. The molecular weight excluding hydrogens is 226 g/mol. The average Bonchev–Trinajstić information content (AvgIpc) is 2.41. The highest BCUT2D eigenvalue weighted by atomic mass is 15.2.